The molecule has 9 nitrogen and oxygen atoms in total. The second-order valence-corrected chi connectivity index (χ2v) is 7.58. The van der Waals surface area contributed by atoms with Crippen LogP contribution in [0.5, 0.6) is 0 Å². The van der Waals surface area contributed by atoms with Gasteiger partial charge in [0.15, 0.2) is 0 Å². The van der Waals surface area contributed by atoms with Gasteiger partial charge in [-0.15, -0.1) is 0 Å². The number of nitrogens with one attached hydrogen (secondary N) is 2. The molecule has 1 aliphatic rings. The van der Waals surface area contributed by atoms with Crippen LogP contribution >= 0.6 is 0 Å². The van der Waals surface area contributed by atoms with Crippen LogP contribution in [0.1, 0.15) is 32.1 Å². The van der Waals surface area contributed by atoms with Crippen LogP contribution in [0.2, 0.25) is 0 Å². The number of anilines is 3. The Hall–Kier alpha value is -3.04. The molecule has 0 aromatic carbocycles. The summed E-state index contributed by atoms with van der Waals surface area (Å²) in [5.41, 5.74) is -0.141. The molecule has 0 radical (unpaired) electrons. The lowest BCUT2D eigenvalue weighted by atomic mass is 9.93. The van der Waals surface area contributed by atoms with E-state index in [9.17, 15) is 9.90 Å². The lowest BCUT2D eigenvalue weighted by Crippen LogP contribution is -2.30. The third kappa shape index (κ3) is 4.58. The van der Waals surface area contributed by atoms with Gasteiger partial charge in [-0.05, 0) is 49.6 Å². The van der Waals surface area contributed by atoms with E-state index in [4.69, 9.17) is 5.11 Å². The summed E-state index contributed by atoms with van der Waals surface area (Å²) in [7, 11) is 0. The molecule has 3 heterocycles. The smallest absolute Gasteiger partial charge is 0.262 e. The number of hydrogen-bond donors (Lipinski definition) is 4. The molecule has 0 atom stereocenters. The summed E-state index contributed by atoms with van der Waals surface area (Å²) in [5.74, 6) is 1.64. The molecule has 1 aliphatic carbocycles. The van der Waals surface area contributed by atoms with Gasteiger partial charge in [-0.3, -0.25) is 9.78 Å². The van der Waals surface area contributed by atoms with Crippen LogP contribution in [-0.2, 0) is 6.54 Å². The lowest BCUT2D eigenvalue weighted by Gasteiger charge is -2.27. The van der Waals surface area contributed by atoms with Crippen molar-refractivity contribution in [2.24, 2.45) is 0 Å². The molecule has 0 amide bonds. The molecule has 4 N–H and O–H groups in total. The maximum atomic E-state index is 13.1. The number of aliphatic hydroxyl groups excluding tert-OH is 2. The Morgan fingerprint density at radius 1 is 1.17 bits per heavy atom. The van der Waals surface area contributed by atoms with Crippen molar-refractivity contribution >= 4 is 28.2 Å². The maximum absolute atomic E-state index is 13.1. The summed E-state index contributed by atoms with van der Waals surface area (Å²) in [4.78, 5) is 26.1. The zero-order chi connectivity index (χ0) is 20.9. The monoisotopic (exact) mass is 410 g/mol. The molecule has 3 aromatic heterocycles. The van der Waals surface area contributed by atoms with Crippen LogP contribution in [0.25, 0.3) is 10.8 Å². The highest BCUT2D eigenvalue weighted by atomic mass is 16.3. The molecule has 158 valence electrons. The minimum absolute atomic E-state index is 0.0270. The number of aryl methyl sites for hydroxylation is 1. The Morgan fingerprint density at radius 3 is 2.73 bits per heavy atom. The van der Waals surface area contributed by atoms with E-state index in [1.54, 1.807) is 29.4 Å². The molecule has 1 saturated carbocycles. The van der Waals surface area contributed by atoms with Gasteiger partial charge in [-0.25, -0.2) is 9.97 Å². The Morgan fingerprint density at radius 2 is 2.00 bits per heavy atom. The van der Waals surface area contributed by atoms with Gasteiger partial charge in [0.2, 0.25) is 0 Å². The van der Waals surface area contributed by atoms with Crippen molar-refractivity contribution < 1.29 is 10.2 Å². The normalized spacial score (nSPS) is 19.0. The molecule has 1 fully saturated rings. The predicted octanol–water partition coefficient (Wildman–Crippen LogP) is 2.03. The second-order valence-electron chi connectivity index (χ2n) is 7.58. The average Bonchev–Trinajstić information content (AvgIpc) is 2.75. The zero-order valence-electron chi connectivity index (χ0n) is 16.7. The summed E-state index contributed by atoms with van der Waals surface area (Å²) in [6.07, 6.45) is 9.88. The van der Waals surface area contributed by atoms with Crippen molar-refractivity contribution in [2.75, 3.05) is 17.2 Å². The minimum Gasteiger partial charge on any atom is -0.396 e. The molecular formula is C21H26N6O3. The molecule has 0 aliphatic heterocycles. The van der Waals surface area contributed by atoms with E-state index in [0.717, 1.165) is 31.1 Å². The first kappa shape index (κ1) is 20.2. The highest BCUT2D eigenvalue weighted by Crippen LogP contribution is 2.27. The number of hydrogen-bond acceptors (Lipinski definition) is 8. The molecule has 0 saturated heterocycles. The standard InChI is InChI=1S/C21H26N6O3/c28-11-1-9-27-10-6-14-12-17(25-18-13-22-7-8-23-18)26-20(19(14)21(27)30)24-15-2-4-16(29)5-3-15/h6-8,10,12-13,15-16,28-29H,1-5,9,11H2,(H2,23,24,25,26). The molecule has 3 aromatic rings. The fourth-order valence-corrected chi connectivity index (χ4v) is 3.80. The van der Waals surface area contributed by atoms with Crippen molar-refractivity contribution in [3.8, 4) is 0 Å². The van der Waals surface area contributed by atoms with Crippen LogP contribution in [0.15, 0.2) is 41.7 Å². The summed E-state index contributed by atoms with van der Waals surface area (Å²) in [5, 5.41) is 26.8. The van der Waals surface area contributed by atoms with E-state index in [0.29, 0.717) is 35.8 Å². The third-order valence-corrected chi connectivity index (χ3v) is 5.37. The van der Waals surface area contributed by atoms with E-state index in [-0.39, 0.29) is 24.3 Å². The van der Waals surface area contributed by atoms with E-state index in [2.05, 4.69) is 25.6 Å². The largest absolute Gasteiger partial charge is 0.396 e. The Bertz CT molecular complexity index is 1050. The van der Waals surface area contributed by atoms with Crippen molar-refractivity contribution in [1.29, 1.82) is 0 Å². The average molecular weight is 410 g/mol. The quantitative estimate of drug-likeness (QED) is 0.466. The molecule has 30 heavy (non-hydrogen) atoms. The summed E-state index contributed by atoms with van der Waals surface area (Å²) < 4.78 is 1.60. The van der Waals surface area contributed by atoms with Crippen molar-refractivity contribution in [2.45, 2.75) is 50.8 Å². The number of aromatic nitrogens is 4. The predicted molar refractivity (Wildman–Crippen MR) is 115 cm³/mol. The number of rotatable bonds is 7. The van der Waals surface area contributed by atoms with Gasteiger partial charge in [0.1, 0.15) is 17.5 Å². The fraction of sp³-hybridized carbons (Fsp3) is 0.429. The lowest BCUT2D eigenvalue weighted by molar-refractivity contribution is 0.126. The van der Waals surface area contributed by atoms with Gasteiger partial charge in [0, 0.05) is 37.8 Å². The Kier molecular flexibility index (Phi) is 6.20. The van der Waals surface area contributed by atoms with Crippen LogP contribution in [-0.4, -0.2) is 48.5 Å². The molecular weight excluding hydrogens is 384 g/mol. The number of aliphatic hydroxyl groups is 2. The van der Waals surface area contributed by atoms with Crippen molar-refractivity contribution in [3.05, 3.63) is 47.3 Å². The van der Waals surface area contributed by atoms with Crippen LogP contribution in [0.4, 0.5) is 17.5 Å². The van der Waals surface area contributed by atoms with Crippen LogP contribution in [0.3, 0.4) is 0 Å². The highest BCUT2D eigenvalue weighted by molar-refractivity contribution is 5.93. The van der Waals surface area contributed by atoms with Gasteiger partial charge in [0.05, 0.1) is 17.7 Å². The van der Waals surface area contributed by atoms with Crippen molar-refractivity contribution in [3.63, 3.8) is 0 Å². The van der Waals surface area contributed by atoms with E-state index < -0.39 is 0 Å². The van der Waals surface area contributed by atoms with Crippen LogP contribution in [0, 0.1) is 0 Å². The molecule has 9 heteroatoms. The topological polar surface area (TPSA) is 125 Å². The fourth-order valence-electron chi connectivity index (χ4n) is 3.80. The molecule has 0 spiro atoms. The van der Waals surface area contributed by atoms with Crippen LogP contribution < -0.4 is 16.2 Å². The van der Waals surface area contributed by atoms with Gasteiger partial charge >= 0.3 is 0 Å². The maximum Gasteiger partial charge on any atom is 0.262 e. The van der Waals surface area contributed by atoms with Gasteiger partial charge in [0.25, 0.3) is 5.56 Å². The Labute approximate surface area is 173 Å². The van der Waals surface area contributed by atoms with E-state index >= 15 is 0 Å². The van der Waals surface area contributed by atoms with E-state index in [1.165, 1.54) is 0 Å². The Balaban J connectivity index is 1.73. The second kappa shape index (κ2) is 9.19. The number of nitrogens with zero attached hydrogens (tertiary/aromatic N) is 4. The first-order chi connectivity index (χ1) is 14.6. The van der Waals surface area contributed by atoms with Gasteiger partial charge < -0.3 is 25.4 Å². The zero-order valence-corrected chi connectivity index (χ0v) is 16.7. The van der Waals surface area contributed by atoms with Crippen molar-refractivity contribution in [1.82, 2.24) is 19.5 Å². The molecule has 4 rings (SSSR count). The molecule has 0 bridgehead atoms. The highest BCUT2D eigenvalue weighted by Gasteiger charge is 2.21. The number of pyridine rings is 2. The van der Waals surface area contributed by atoms with Gasteiger partial charge in [-0.2, -0.15) is 0 Å². The summed E-state index contributed by atoms with van der Waals surface area (Å²) in [6.45, 7) is 0.471. The molecule has 0 unspecified atom stereocenters. The SMILES string of the molecule is O=c1c2c(NC3CCC(O)CC3)nc(Nc3cnccn3)cc2ccn1CCCO. The number of fused-ring (bicyclic) bond motifs is 1. The first-order valence-electron chi connectivity index (χ1n) is 10.3. The van der Waals surface area contributed by atoms with E-state index in [1.807, 2.05) is 12.1 Å². The minimum atomic E-state index is -0.256. The van der Waals surface area contributed by atoms with Gasteiger partial charge in [-0.1, -0.05) is 0 Å². The summed E-state index contributed by atoms with van der Waals surface area (Å²) in [6, 6.07) is 3.84. The summed E-state index contributed by atoms with van der Waals surface area (Å²) >= 11 is 0. The first-order valence-corrected chi connectivity index (χ1v) is 10.3. The third-order valence-electron chi connectivity index (χ3n) is 5.37.